The van der Waals surface area contributed by atoms with Gasteiger partial charge in [0.1, 0.15) is 6.61 Å². The molecular weight excluding hydrogens is 327 g/mol. The van der Waals surface area contributed by atoms with E-state index in [9.17, 15) is 13.2 Å². The van der Waals surface area contributed by atoms with Crippen molar-refractivity contribution in [1.82, 2.24) is 25.1 Å². The van der Waals surface area contributed by atoms with Crippen molar-refractivity contribution in [2.24, 2.45) is 0 Å². The second-order valence-corrected chi connectivity index (χ2v) is 4.74. The van der Waals surface area contributed by atoms with Gasteiger partial charge in [-0.1, -0.05) is 5.16 Å². The minimum atomic E-state index is -4.69. The molecule has 0 saturated heterocycles. The molecule has 24 heavy (non-hydrogen) atoms. The van der Waals surface area contributed by atoms with E-state index < -0.39 is 12.1 Å². The predicted molar refractivity (Wildman–Crippen MR) is 73.6 cm³/mol. The molecule has 0 saturated carbocycles. The van der Waals surface area contributed by atoms with Crippen molar-refractivity contribution in [3.8, 4) is 17.3 Å². The van der Waals surface area contributed by atoms with Crippen LogP contribution in [0, 0.1) is 6.92 Å². The molecule has 0 aromatic carbocycles. The Hall–Kier alpha value is -3.04. The summed E-state index contributed by atoms with van der Waals surface area (Å²) in [5, 5.41) is 3.31. The summed E-state index contributed by atoms with van der Waals surface area (Å²) in [5.41, 5.74) is 1.62. The van der Waals surface area contributed by atoms with Crippen molar-refractivity contribution in [2.45, 2.75) is 19.7 Å². The van der Waals surface area contributed by atoms with Crippen LogP contribution in [-0.2, 0) is 12.8 Å². The first-order valence-electron chi connectivity index (χ1n) is 6.69. The zero-order chi connectivity index (χ0) is 17.2. The van der Waals surface area contributed by atoms with Crippen LogP contribution in [0.2, 0.25) is 0 Å². The lowest BCUT2D eigenvalue weighted by atomic mass is 10.2. The topological polar surface area (TPSA) is 86.8 Å². The molecular formula is C14H10F3N5O2. The van der Waals surface area contributed by atoms with Crippen molar-refractivity contribution in [3.05, 3.63) is 48.0 Å². The minimum absolute atomic E-state index is 0.116. The molecule has 0 unspecified atom stereocenters. The summed E-state index contributed by atoms with van der Waals surface area (Å²) in [4.78, 5) is 15.5. The molecule has 3 rings (SSSR count). The highest BCUT2D eigenvalue weighted by Crippen LogP contribution is 2.29. The van der Waals surface area contributed by atoms with Gasteiger partial charge in [0.25, 0.3) is 0 Å². The first kappa shape index (κ1) is 15.8. The average molecular weight is 337 g/mol. The molecule has 3 heterocycles. The minimum Gasteiger partial charge on any atom is -0.471 e. The second-order valence-electron chi connectivity index (χ2n) is 4.74. The molecule has 124 valence electrons. The van der Waals surface area contributed by atoms with E-state index >= 15 is 0 Å². The summed E-state index contributed by atoms with van der Waals surface area (Å²) in [7, 11) is 0. The molecule has 0 N–H and O–H groups in total. The lowest BCUT2D eigenvalue weighted by Gasteiger charge is -2.05. The van der Waals surface area contributed by atoms with Gasteiger partial charge < -0.3 is 9.26 Å². The molecule has 0 radical (unpaired) electrons. The number of aryl methyl sites for hydroxylation is 1. The summed E-state index contributed by atoms with van der Waals surface area (Å²) in [5.74, 6) is -1.43. The van der Waals surface area contributed by atoms with Gasteiger partial charge in [-0.25, -0.2) is 4.98 Å². The number of ether oxygens (including phenoxy) is 1. The Morgan fingerprint density at radius 2 is 2.04 bits per heavy atom. The standard InChI is InChI=1S/C14H10F3N5O2/c1-8-5-18-6-10(20-8)7-23-11-4-9(2-3-19-11)12-21-13(24-22-12)14(15,16)17/h2-6H,7H2,1H3. The molecule has 3 aromatic heterocycles. The third-order valence-corrected chi connectivity index (χ3v) is 2.83. The van der Waals surface area contributed by atoms with Crippen LogP contribution in [0.25, 0.3) is 11.4 Å². The van der Waals surface area contributed by atoms with Crippen LogP contribution < -0.4 is 4.74 Å². The maximum absolute atomic E-state index is 12.5. The van der Waals surface area contributed by atoms with Crippen molar-refractivity contribution in [1.29, 1.82) is 0 Å². The summed E-state index contributed by atoms with van der Waals surface area (Å²) < 4.78 is 47.1. The number of pyridine rings is 1. The SMILES string of the molecule is Cc1cncc(COc2cc(-c3noc(C(F)(F)F)n3)ccn2)n1. The van der Waals surface area contributed by atoms with Gasteiger partial charge in [0, 0.05) is 24.0 Å². The normalized spacial score (nSPS) is 11.5. The van der Waals surface area contributed by atoms with Crippen LogP contribution in [0.3, 0.4) is 0 Å². The quantitative estimate of drug-likeness (QED) is 0.723. The van der Waals surface area contributed by atoms with Crippen LogP contribution >= 0.6 is 0 Å². The fraction of sp³-hybridized carbons (Fsp3) is 0.214. The second kappa shape index (κ2) is 6.22. The molecule has 0 atom stereocenters. The van der Waals surface area contributed by atoms with Crippen LogP contribution in [-0.4, -0.2) is 25.1 Å². The Bertz CT molecular complexity index is 850. The van der Waals surface area contributed by atoms with Gasteiger partial charge in [-0.2, -0.15) is 18.2 Å². The fourth-order valence-corrected chi connectivity index (χ4v) is 1.82. The third kappa shape index (κ3) is 3.65. The number of nitrogens with zero attached hydrogens (tertiary/aromatic N) is 5. The number of alkyl halides is 3. The maximum atomic E-state index is 12.5. The first-order chi connectivity index (χ1) is 11.4. The zero-order valence-electron chi connectivity index (χ0n) is 12.3. The van der Waals surface area contributed by atoms with Crippen molar-refractivity contribution in [3.63, 3.8) is 0 Å². The third-order valence-electron chi connectivity index (χ3n) is 2.83. The molecule has 3 aromatic rings. The van der Waals surface area contributed by atoms with E-state index in [0.717, 1.165) is 5.69 Å². The van der Waals surface area contributed by atoms with Crippen LogP contribution in [0.4, 0.5) is 13.2 Å². The van der Waals surface area contributed by atoms with Gasteiger partial charge in [-0.15, -0.1) is 0 Å². The average Bonchev–Trinajstić information content (AvgIpc) is 3.04. The molecule has 7 nitrogen and oxygen atoms in total. The Morgan fingerprint density at radius 1 is 1.21 bits per heavy atom. The first-order valence-corrected chi connectivity index (χ1v) is 6.69. The largest absolute Gasteiger partial charge is 0.471 e. The van der Waals surface area contributed by atoms with E-state index in [2.05, 4.69) is 29.6 Å². The predicted octanol–water partition coefficient (Wildman–Crippen LogP) is 2.83. The zero-order valence-corrected chi connectivity index (χ0v) is 12.3. The van der Waals surface area contributed by atoms with E-state index in [4.69, 9.17) is 4.74 Å². The number of hydrogen-bond acceptors (Lipinski definition) is 7. The molecule has 0 aliphatic rings. The van der Waals surface area contributed by atoms with E-state index in [1.807, 2.05) is 0 Å². The Balaban J connectivity index is 1.75. The summed E-state index contributed by atoms with van der Waals surface area (Å²) in [6, 6.07) is 2.86. The number of aromatic nitrogens is 5. The van der Waals surface area contributed by atoms with Gasteiger partial charge in [-0.05, 0) is 13.0 Å². The van der Waals surface area contributed by atoms with Gasteiger partial charge in [0.2, 0.25) is 11.7 Å². The molecule has 0 fully saturated rings. The van der Waals surface area contributed by atoms with Gasteiger partial charge in [0.15, 0.2) is 0 Å². The molecule has 0 spiro atoms. The molecule has 10 heteroatoms. The van der Waals surface area contributed by atoms with Crippen LogP contribution in [0.5, 0.6) is 5.88 Å². The molecule has 0 amide bonds. The fourth-order valence-electron chi connectivity index (χ4n) is 1.82. The molecule has 0 aliphatic heterocycles. The highest BCUT2D eigenvalue weighted by atomic mass is 19.4. The summed E-state index contributed by atoms with van der Waals surface area (Å²) >= 11 is 0. The number of halogens is 3. The van der Waals surface area contributed by atoms with Crippen molar-refractivity contribution < 1.29 is 22.4 Å². The monoisotopic (exact) mass is 337 g/mol. The number of rotatable bonds is 4. The smallest absolute Gasteiger partial charge is 0.471 e. The Kier molecular flexibility index (Phi) is 4.11. The number of hydrogen-bond donors (Lipinski definition) is 0. The van der Waals surface area contributed by atoms with E-state index in [1.54, 1.807) is 19.3 Å². The van der Waals surface area contributed by atoms with Crippen molar-refractivity contribution in [2.75, 3.05) is 0 Å². The lowest BCUT2D eigenvalue weighted by Crippen LogP contribution is -2.04. The molecule has 0 aliphatic carbocycles. The van der Waals surface area contributed by atoms with Gasteiger partial charge in [0.05, 0.1) is 17.6 Å². The highest BCUT2D eigenvalue weighted by molar-refractivity contribution is 5.55. The lowest BCUT2D eigenvalue weighted by molar-refractivity contribution is -0.159. The summed E-state index contributed by atoms with van der Waals surface area (Å²) in [6.45, 7) is 1.91. The molecule has 0 bridgehead atoms. The van der Waals surface area contributed by atoms with E-state index in [0.29, 0.717) is 5.69 Å². The van der Waals surface area contributed by atoms with E-state index in [1.165, 1.54) is 18.3 Å². The maximum Gasteiger partial charge on any atom is 0.471 e. The van der Waals surface area contributed by atoms with Crippen LogP contribution in [0.15, 0.2) is 35.2 Å². The van der Waals surface area contributed by atoms with E-state index in [-0.39, 0.29) is 23.9 Å². The Morgan fingerprint density at radius 3 is 2.75 bits per heavy atom. The van der Waals surface area contributed by atoms with Gasteiger partial charge in [-0.3, -0.25) is 9.97 Å². The Labute approximate surface area is 133 Å². The van der Waals surface area contributed by atoms with Gasteiger partial charge >= 0.3 is 12.1 Å². The van der Waals surface area contributed by atoms with Crippen LogP contribution in [0.1, 0.15) is 17.3 Å². The van der Waals surface area contributed by atoms with Crippen molar-refractivity contribution >= 4 is 0 Å². The highest BCUT2D eigenvalue weighted by Gasteiger charge is 2.38. The summed E-state index contributed by atoms with van der Waals surface area (Å²) in [6.07, 6.45) is -0.167.